The zero-order valence-electron chi connectivity index (χ0n) is 52.6. The van der Waals surface area contributed by atoms with E-state index in [-0.39, 0.29) is 25.7 Å². The lowest BCUT2D eigenvalue weighted by molar-refractivity contribution is -0.190. The van der Waals surface area contributed by atoms with Gasteiger partial charge in [-0.3, -0.25) is 0 Å². The molecule has 0 amide bonds. The van der Waals surface area contributed by atoms with Crippen molar-refractivity contribution in [2.45, 2.75) is 436 Å². The van der Waals surface area contributed by atoms with Crippen LogP contribution in [0.15, 0.2) is 0 Å². The predicted octanol–water partition coefficient (Wildman–Crippen LogP) is 21.7. The largest absolute Gasteiger partial charge is 0.389 e. The van der Waals surface area contributed by atoms with Crippen LogP contribution in [0.2, 0.25) is 0 Å². The summed E-state index contributed by atoms with van der Waals surface area (Å²) in [5.74, 6) is -2.44. The van der Waals surface area contributed by atoms with Crippen LogP contribution in [0.3, 0.4) is 0 Å². The topological polar surface area (TPSA) is 124 Å². The van der Waals surface area contributed by atoms with E-state index in [9.17, 15) is 30.0 Å². The van der Waals surface area contributed by atoms with E-state index in [1.807, 2.05) is 0 Å². The smallest absolute Gasteiger partial charge is 0.345 e. The molecular formula is C70H138O7. The fourth-order valence-corrected chi connectivity index (χ4v) is 11.9. The molecule has 0 aromatic rings. The van der Waals surface area contributed by atoms with E-state index < -0.39 is 35.3 Å². The van der Waals surface area contributed by atoms with Crippen LogP contribution in [0, 0.1) is 0 Å². The highest BCUT2D eigenvalue weighted by atomic mass is 16.6. The number of ether oxygens (including phenoxy) is 1. The average molecular weight is 1090 g/mol. The molecule has 7 nitrogen and oxygen atoms in total. The number of aliphatic hydroxyl groups is 4. The van der Waals surface area contributed by atoms with Gasteiger partial charge in [0, 0.05) is 0 Å². The number of hydrogen-bond acceptors (Lipinski definition) is 7. The summed E-state index contributed by atoms with van der Waals surface area (Å²) in [5, 5.41) is 47.2. The van der Waals surface area contributed by atoms with Gasteiger partial charge in [-0.15, -0.1) is 0 Å². The van der Waals surface area contributed by atoms with Crippen LogP contribution >= 0.6 is 0 Å². The molecular weight excluding hydrogens is 953 g/mol. The maximum atomic E-state index is 13.7. The Morgan fingerprint density at radius 3 is 0.494 bits per heavy atom. The molecule has 0 radical (unpaired) electrons. The summed E-state index contributed by atoms with van der Waals surface area (Å²) in [4.78, 5) is 27.4. The van der Waals surface area contributed by atoms with Gasteiger partial charge >= 0.3 is 11.9 Å². The second-order valence-corrected chi connectivity index (χ2v) is 25.1. The third-order valence-electron chi connectivity index (χ3n) is 17.5. The van der Waals surface area contributed by atoms with Gasteiger partial charge in [0.15, 0.2) is 12.2 Å². The third-order valence-corrected chi connectivity index (χ3v) is 17.5. The van der Waals surface area contributed by atoms with E-state index in [0.29, 0.717) is 25.7 Å². The highest BCUT2D eigenvalue weighted by Gasteiger charge is 2.45. The molecule has 0 spiro atoms. The molecule has 0 aliphatic heterocycles. The van der Waals surface area contributed by atoms with E-state index in [2.05, 4.69) is 27.7 Å². The highest BCUT2D eigenvalue weighted by molar-refractivity contribution is 5.91. The van der Waals surface area contributed by atoms with E-state index in [1.54, 1.807) is 0 Å². The van der Waals surface area contributed by atoms with Crippen molar-refractivity contribution in [3.8, 4) is 0 Å². The minimum atomic E-state index is -1.91. The molecule has 0 saturated heterocycles. The van der Waals surface area contributed by atoms with Crippen molar-refractivity contribution in [3.05, 3.63) is 0 Å². The first kappa shape index (κ1) is 76.0. The summed E-state index contributed by atoms with van der Waals surface area (Å²) in [5.41, 5.74) is -3.45. The Balaban J connectivity index is 5.38. The predicted molar refractivity (Wildman–Crippen MR) is 333 cm³/mol. The maximum Gasteiger partial charge on any atom is 0.345 e. The molecule has 0 aromatic carbocycles. The standard InChI is InChI=1S/C70H138O7/c1-5-9-13-17-21-25-29-33-37-41-45-49-53-57-61-69(75,62-58-54-50-46-42-38-34-30-26-22-18-14-10-6-2)65(71)67(73)77-68(74)66(72)70(76,63-59-55-51-47-43-39-35-31-27-23-19-15-11-7-3)64-60-56-52-48-44-40-36-32-28-24-20-16-12-8-4/h65-66,71-72,75-76H,5-64H2,1-4H3. The van der Waals surface area contributed by atoms with E-state index >= 15 is 0 Å². The molecule has 2 atom stereocenters. The molecule has 7 heteroatoms. The van der Waals surface area contributed by atoms with Crippen molar-refractivity contribution >= 4 is 11.9 Å². The highest BCUT2D eigenvalue weighted by Crippen LogP contribution is 2.31. The van der Waals surface area contributed by atoms with Crippen molar-refractivity contribution in [3.63, 3.8) is 0 Å². The van der Waals surface area contributed by atoms with Gasteiger partial charge in [-0.1, -0.05) is 387 Å². The van der Waals surface area contributed by atoms with Gasteiger partial charge in [0.1, 0.15) is 11.2 Å². The zero-order valence-corrected chi connectivity index (χ0v) is 52.6. The van der Waals surface area contributed by atoms with Crippen LogP contribution in [0.4, 0.5) is 0 Å². The van der Waals surface area contributed by atoms with Crippen molar-refractivity contribution in [1.29, 1.82) is 0 Å². The number of hydrogen-bond donors (Lipinski definition) is 4. The minimum Gasteiger partial charge on any atom is -0.389 e. The summed E-state index contributed by atoms with van der Waals surface area (Å²) >= 11 is 0. The van der Waals surface area contributed by atoms with Gasteiger partial charge < -0.3 is 25.2 Å². The molecule has 4 N–H and O–H groups in total. The SMILES string of the molecule is CCCCCCCCCCCCCCCCC(O)(CCCCCCCCCCCCCCCC)C(O)C(=O)OC(=O)C(O)C(O)(CCCCCCCCCCCCCCCC)CCCCCCCCCCCCCCCC. The van der Waals surface area contributed by atoms with Gasteiger partial charge in [0.2, 0.25) is 0 Å². The summed E-state index contributed by atoms with van der Waals surface area (Å²) in [6.45, 7) is 9.07. The Hall–Kier alpha value is -1.02. The molecule has 0 rings (SSSR count). The Bertz CT molecular complexity index is 1050. The van der Waals surface area contributed by atoms with E-state index in [4.69, 9.17) is 4.74 Å². The summed E-state index contributed by atoms with van der Waals surface area (Å²) < 4.78 is 5.26. The number of carbonyl (C=O) groups is 2. The van der Waals surface area contributed by atoms with E-state index in [0.717, 1.165) is 77.0 Å². The fourth-order valence-electron chi connectivity index (χ4n) is 11.9. The van der Waals surface area contributed by atoms with Crippen LogP contribution in [-0.2, 0) is 14.3 Å². The number of unbranched alkanes of at least 4 members (excludes halogenated alkanes) is 52. The molecule has 0 aromatic heterocycles. The molecule has 77 heavy (non-hydrogen) atoms. The second kappa shape index (κ2) is 58.2. The van der Waals surface area contributed by atoms with Gasteiger partial charge in [0.25, 0.3) is 0 Å². The lowest BCUT2D eigenvalue weighted by atomic mass is 9.84. The molecule has 0 fully saturated rings. The first-order chi connectivity index (χ1) is 37.6. The Kier molecular flexibility index (Phi) is 57.4. The van der Waals surface area contributed by atoms with Crippen LogP contribution in [-0.4, -0.2) is 55.8 Å². The molecule has 0 aliphatic carbocycles. The third kappa shape index (κ3) is 48.2. The first-order valence-corrected chi connectivity index (χ1v) is 35.2. The summed E-state index contributed by atoms with van der Waals surface area (Å²) in [6.07, 6.45) is 65.0. The van der Waals surface area contributed by atoms with Crippen molar-refractivity contribution in [2.75, 3.05) is 0 Å². The molecule has 460 valence electrons. The Morgan fingerprint density at radius 2 is 0.364 bits per heavy atom. The van der Waals surface area contributed by atoms with Crippen LogP contribution in [0.25, 0.3) is 0 Å². The van der Waals surface area contributed by atoms with E-state index in [1.165, 1.54) is 257 Å². The van der Waals surface area contributed by atoms with Crippen LogP contribution < -0.4 is 0 Å². The Morgan fingerprint density at radius 1 is 0.247 bits per heavy atom. The normalized spacial score (nSPS) is 12.9. The summed E-state index contributed by atoms with van der Waals surface area (Å²) in [7, 11) is 0. The fraction of sp³-hybridized carbons (Fsp3) is 0.971. The van der Waals surface area contributed by atoms with Crippen LogP contribution in [0.5, 0.6) is 0 Å². The maximum absolute atomic E-state index is 13.7. The van der Waals surface area contributed by atoms with Gasteiger partial charge in [-0.05, 0) is 25.7 Å². The molecule has 0 bridgehead atoms. The zero-order chi connectivity index (χ0) is 56.4. The summed E-state index contributed by atoms with van der Waals surface area (Å²) in [6, 6.07) is 0. The van der Waals surface area contributed by atoms with Crippen molar-refractivity contribution in [1.82, 2.24) is 0 Å². The minimum absolute atomic E-state index is 0.249. The number of esters is 2. The van der Waals surface area contributed by atoms with Gasteiger partial charge in [-0.2, -0.15) is 0 Å². The number of carbonyl (C=O) groups excluding carboxylic acids is 2. The Labute approximate surface area is 481 Å². The number of rotatable bonds is 64. The van der Waals surface area contributed by atoms with Gasteiger partial charge in [-0.25, -0.2) is 9.59 Å². The van der Waals surface area contributed by atoms with Crippen molar-refractivity contribution in [2.24, 2.45) is 0 Å². The average Bonchev–Trinajstić information content (AvgIpc) is 3.43. The lowest BCUT2D eigenvalue weighted by Crippen LogP contribution is -2.52. The quantitative estimate of drug-likeness (QED) is 0.0272. The van der Waals surface area contributed by atoms with Crippen LogP contribution in [0.1, 0.15) is 413 Å². The monoisotopic (exact) mass is 1090 g/mol. The van der Waals surface area contributed by atoms with Gasteiger partial charge in [0.05, 0.1) is 0 Å². The van der Waals surface area contributed by atoms with Crippen molar-refractivity contribution < 1.29 is 34.8 Å². The second-order valence-electron chi connectivity index (χ2n) is 25.1. The molecule has 0 saturated carbocycles. The lowest BCUT2D eigenvalue weighted by Gasteiger charge is -2.34. The first-order valence-electron chi connectivity index (χ1n) is 35.2. The molecule has 0 heterocycles. The number of aliphatic hydroxyl groups excluding tert-OH is 2. The molecule has 0 aliphatic rings. The molecule has 2 unspecified atom stereocenters.